The van der Waals surface area contributed by atoms with E-state index < -0.39 is 6.16 Å². The Morgan fingerprint density at radius 1 is 1.12 bits per heavy atom. The first-order chi connectivity index (χ1) is 11.7. The van der Waals surface area contributed by atoms with Crippen LogP contribution < -0.4 is 0 Å². The monoisotopic (exact) mass is 329 g/mol. The first kappa shape index (κ1) is 18.3. The molecule has 0 saturated heterocycles. The van der Waals surface area contributed by atoms with Gasteiger partial charge in [0.05, 0.1) is 18.2 Å². The van der Waals surface area contributed by atoms with Crippen molar-refractivity contribution in [2.75, 3.05) is 6.61 Å². The number of rotatable bonds is 7. The Labute approximate surface area is 144 Å². The van der Waals surface area contributed by atoms with E-state index in [0.29, 0.717) is 18.1 Å². The van der Waals surface area contributed by atoms with Gasteiger partial charge in [-0.05, 0) is 55.7 Å². The Hall–Kier alpha value is -2.02. The predicted octanol–water partition coefficient (Wildman–Crippen LogP) is 5.32. The van der Waals surface area contributed by atoms with Crippen molar-refractivity contribution in [3.05, 3.63) is 35.4 Å². The van der Waals surface area contributed by atoms with E-state index in [1.807, 2.05) is 24.3 Å². The van der Waals surface area contributed by atoms with Gasteiger partial charge >= 0.3 is 6.16 Å². The van der Waals surface area contributed by atoms with Crippen molar-refractivity contribution in [1.29, 1.82) is 5.26 Å². The van der Waals surface area contributed by atoms with E-state index in [0.717, 1.165) is 38.5 Å². The Bertz CT molecular complexity index is 539. The predicted molar refractivity (Wildman–Crippen MR) is 92.7 cm³/mol. The van der Waals surface area contributed by atoms with Gasteiger partial charge in [0, 0.05) is 0 Å². The van der Waals surface area contributed by atoms with Crippen LogP contribution in [0.15, 0.2) is 24.3 Å². The zero-order valence-corrected chi connectivity index (χ0v) is 14.5. The topological polar surface area (TPSA) is 59.3 Å². The van der Waals surface area contributed by atoms with Crippen LogP contribution >= 0.6 is 0 Å². The van der Waals surface area contributed by atoms with Crippen LogP contribution in [0.4, 0.5) is 4.79 Å². The fourth-order valence-electron chi connectivity index (χ4n) is 3.20. The lowest BCUT2D eigenvalue weighted by molar-refractivity contribution is 0.00864. The zero-order valence-electron chi connectivity index (χ0n) is 14.5. The first-order valence-corrected chi connectivity index (χ1v) is 9.06. The number of carbonyl (C=O) groups excluding carboxylic acids is 1. The molecule has 0 aromatic heterocycles. The van der Waals surface area contributed by atoms with Crippen LogP contribution in [0.5, 0.6) is 0 Å². The molecule has 1 aromatic carbocycles. The van der Waals surface area contributed by atoms with E-state index in [9.17, 15) is 4.79 Å². The van der Waals surface area contributed by atoms with Gasteiger partial charge in [-0.15, -0.1) is 0 Å². The van der Waals surface area contributed by atoms with Gasteiger partial charge in [-0.1, -0.05) is 38.3 Å². The van der Waals surface area contributed by atoms with Crippen LogP contribution in [-0.2, 0) is 9.47 Å². The normalized spacial score (nSPS) is 20.2. The molecule has 0 amide bonds. The van der Waals surface area contributed by atoms with Crippen molar-refractivity contribution in [1.82, 2.24) is 0 Å². The van der Waals surface area contributed by atoms with Crippen LogP contribution in [0.25, 0.3) is 0 Å². The standard InChI is InChI=1S/C20H27NO3/c1-2-3-4-5-14-23-20(22)24-19-12-10-18(11-13-19)17-8-6-16(15-21)7-9-17/h6-9,18-19H,2-5,10-14H2,1H3. The number of nitrogens with zero attached hydrogens (tertiary/aromatic N) is 1. The number of benzene rings is 1. The van der Waals surface area contributed by atoms with Crippen molar-refractivity contribution in [3.8, 4) is 6.07 Å². The third-order valence-corrected chi connectivity index (χ3v) is 4.67. The van der Waals surface area contributed by atoms with Crippen molar-refractivity contribution < 1.29 is 14.3 Å². The minimum absolute atomic E-state index is 0.0252. The molecule has 0 atom stereocenters. The van der Waals surface area contributed by atoms with Crippen molar-refractivity contribution in [2.24, 2.45) is 0 Å². The SMILES string of the molecule is CCCCCCOC(=O)OC1CCC(c2ccc(C#N)cc2)CC1. The minimum Gasteiger partial charge on any atom is -0.434 e. The lowest BCUT2D eigenvalue weighted by atomic mass is 9.82. The summed E-state index contributed by atoms with van der Waals surface area (Å²) < 4.78 is 10.6. The smallest absolute Gasteiger partial charge is 0.434 e. The van der Waals surface area contributed by atoms with Gasteiger partial charge in [0.15, 0.2) is 0 Å². The van der Waals surface area contributed by atoms with Gasteiger partial charge in [0.2, 0.25) is 0 Å². The maximum Gasteiger partial charge on any atom is 0.508 e. The number of nitriles is 1. The summed E-state index contributed by atoms with van der Waals surface area (Å²) in [6.07, 6.45) is 7.56. The molecule has 0 aliphatic heterocycles. The molecule has 1 aromatic rings. The van der Waals surface area contributed by atoms with Crippen molar-refractivity contribution >= 4 is 6.16 Å². The van der Waals surface area contributed by atoms with Crippen LogP contribution in [0, 0.1) is 11.3 Å². The van der Waals surface area contributed by atoms with E-state index in [1.54, 1.807) is 0 Å². The minimum atomic E-state index is -0.520. The first-order valence-electron chi connectivity index (χ1n) is 9.06. The van der Waals surface area contributed by atoms with E-state index in [1.165, 1.54) is 18.4 Å². The Balaban J connectivity index is 1.66. The van der Waals surface area contributed by atoms with Gasteiger partial charge in [-0.25, -0.2) is 4.79 Å². The molecule has 4 nitrogen and oxygen atoms in total. The van der Waals surface area contributed by atoms with Gasteiger partial charge in [0.1, 0.15) is 6.10 Å². The van der Waals surface area contributed by atoms with Crippen LogP contribution in [-0.4, -0.2) is 18.9 Å². The highest BCUT2D eigenvalue weighted by Gasteiger charge is 2.25. The Kier molecular flexibility index (Phi) is 7.61. The summed E-state index contributed by atoms with van der Waals surface area (Å²) in [7, 11) is 0. The second kappa shape index (κ2) is 9.97. The molecule has 0 N–H and O–H groups in total. The third kappa shape index (κ3) is 5.88. The lowest BCUT2D eigenvalue weighted by Crippen LogP contribution is -2.24. The molecule has 1 aliphatic rings. The molecular weight excluding hydrogens is 302 g/mol. The average Bonchev–Trinajstić information content (AvgIpc) is 2.62. The second-order valence-electron chi connectivity index (χ2n) is 6.48. The highest BCUT2D eigenvalue weighted by molar-refractivity contribution is 5.60. The van der Waals surface area contributed by atoms with Gasteiger partial charge < -0.3 is 9.47 Å². The molecule has 0 spiro atoms. The van der Waals surface area contributed by atoms with E-state index in [-0.39, 0.29) is 6.10 Å². The maximum absolute atomic E-state index is 11.7. The Morgan fingerprint density at radius 3 is 2.46 bits per heavy atom. The van der Waals surface area contributed by atoms with Crippen molar-refractivity contribution in [2.45, 2.75) is 70.3 Å². The second-order valence-corrected chi connectivity index (χ2v) is 6.48. The van der Waals surface area contributed by atoms with E-state index in [4.69, 9.17) is 14.7 Å². The van der Waals surface area contributed by atoms with E-state index >= 15 is 0 Å². The molecule has 1 saturated carbocycles. The number of unbranched alkanes of at least 4 members (excludes halogenated alkanes) is 3. The zero-order chi connectivity index (χ0) is 17.2. The van der Waals surface area contributed by atoms with Gasteiger partial charge in [-0.2, -0.15) is 5.26 Å². The lowest BCUT2D eigenvalue weighted by Gasteiger charge is -2.28. The molecular formula is C20H27NO3. The fraction of sp³-hybridized carbons (Fsp3) is 0.600. The molecule has 0 heterocycles. The summed E-state index contributed by atoms with van der Waals surface area (Å²) in [5.74, 6) is 0.489. The molecule has 4 heteroatoms. The summed E-state index contributed by atoms with van der Waals surface area (Å²) in [4.78, 5) is 11.7. The number of carbonyl (C=O) groups is 1. The number of hydrogen-bond acceptors (Lipinski definition) is 4. The number of ether oxygens (including phenoxy) is 2. The summed E-state index contributed by atoms with van der Waals surface area (Å²) >= 11 is 0. The molecule has 130 valence electrons. The van der Waals surface area contributed by atoms with E-state index in [2.05, 4.69) is 13.0 Å². The Morgan fingerprint density at radius 2 is 1.83 bits per heavy atom. The molecule has 0 bridgehead atoms. The van der Waals surface area contributed by atoms with Gasteiger partial charge in [0.25, 0.3) is 0 Å². The van der Waals surface area contributed by atoms with Crippen molar-refractivity contribution in [3.63, 3.8) is 0 Å². The summed E-state index contributed by atoms with van der Waals surface area (Å²) in [6, 6.07) is 9.95. The largest absolute Gasteiger partial charge is 0.508 e. The van der Waals surface area contributed by atoms with Crippen LogP contribution in [0.2, 0.25) is 0 Å². The summed E-state index contributed by atoms with van der Waals surface area (Å²) in [5.41, 5.74) is 1.96. The highest BCUT2D eigenvalue weighted by Crippen LogP contribution is 2.34. The highest BCUT2D eigenvalue weighted by atomic mass is 16.7. The van der Waals surface area contributed by atoms with Crippen LogP contribution in [0.3, 0.4) is 0 Å². The molecule has 1 aliphatic carbocycles. The summed E-state index contributed by atoms with van der Waals surface area (Å²) in [5, 5.41) is 8.85. The fourth-order valence-corrected chi connectivity index (χ4v) is 3.20. The number of hydrogen-bond donors (Lipinski definition) is 0. The molecule has 0 radical (unpaired) electrons. The quantitative estimate of drug-likeness (QED) is 0.502. The third-order valence-electron chi connectivity index (χ3n) is 4.67. The molecule has 2 rings (SSSR count). The maximum atomic E-state index is 11.7. The molecule has 0 unspecified atom stereocenters. The molecule has 1 fully saturated rings. The summed E-state index contributed by atoms with van der Waals surface area (Å²) in [6.45, 7) is 2.61. The van der Waals surface area contributed by atoms with Gasteiger partial charge in [-0.3, -0.25) is 0 Å². The average molecular weight is 329 g/mol. The molecule has 24 heavy (non-hydrogen) atoms. The van der Waals surface area contributed by atoms with Crippen LogP contribution in [0.1, 0.15) is 75.3 Å².